The SMILES string of the molecule is O=C(NCc1ccc2c(c1)OCCO2)c1ccncc1F. The summed E-state index contributed by atoms with van der Waals surface area (Å²) in [5.41, 5.74) is 0.824. The van der Waals surface area contributed by atoms with Gasteiger partial charge in [-0.05, 0) is 23.8 Å². The normalized spacial score (nSPS) is 12.8. The number of nitrogens with zero attached hydrogens (tertiary/aromatic N) is 1. The second-order valence-electron chi connectivity index (χ2n) is 4.52. The van der Waals surface area contributed by atoms with Crippen LogP contribution in [0.4, 0.5) is 4.39 Å². The molecule has 1 aromatic heterocycles. The zero-order chi connectivity index (χ0) is 14.7. The van der Waals surface area contributed by atoms with Crippen molar-refractivity contribution in [3.8, 4) is 11.5 Å². The molecule has 2 heterocycles. The van der Waals surface area contributed by atoms with Gasteiger partial charge in [0, 0.05) is 12.7 Å². The minimum Gasteiger partial charge on any atom is -0.486 e. The van der Waals surface area contributed by atoms with E-state index < -0.39 is 11.7 Å². The van der Waals surface area contributed by atoms with Gasteiger partial charge in [0.25, 0.3) is 5.91 Å². The van der Waals surface area contributed by atoms with Crippen molar-refractivity contribution in [3.63, 3.8) is 0 Å². The maximum atomic E-state index is 13.4. The number of pyridine rings is 1. The largest absolute Gasteiger partial charge is 0.486 e. The highest BCUT2D eigenvalue weighted by molar-refractivity contribution is 5.94. The van der Waals surface area contributed by atoms with Crippen LogP contribution >= 0.6 is 0 Å². The molecule has 1 aliphatic heterocycles. The zero-order valence-corrected chi connectivity index (χ0v) is 11.1. The fourth-order valence-electron chi connectivity index (χ4n) is 2.03. The van der Waals surface area contributed by atoms with Crippen LogP contribution < -0.4 is 14.8 Å². The molecule has 0 radical (unpaired) electrons. The minimum atomic E-state index is -0.642. The summed E-state index contributed by atoms with van der Waals surface area (Å²) in [6.45, 7) is 1.31. The number of halogens is 1. The molecule has 0 fully saturated rings. The van der Waals surface area contributed by atoms with Gasteiger partial charge in [0.1, 0.15) is 13.2 Å². The molecule has 0 bridgehead atoms. The van der Waals surface area contributed by atoms with E-state index in [9.17, 15) is 9.18 Å². The van der Waals surface area contributed by atoms with Crippen LogP contribution in [0, 0.1) is 5.82 Å². The third-order valence-electron chi connectivity index (χ3n) is 3.08. The van der Waals surface area contributed by atoms with Crippen molar-refractivity contribution in [3.05, 3.63) is 53.6 Å². The van der Waals surface area contributed by atoms with Crippen LogP contribution in [0.2, 0.25) is 0 Å². The second-order valence-corrected chi connectivity index (χ2v) is 4.52. The third kappa shape index (κ3) is 2.94. The lowest BCUT2D eigenvalue weighted by Crippen LogP contribution is -2.24. The highest BCUT2D eigenvalue weighted by Gasteiger charge is 2.13. The van der Waals surface area contributed by atoms with E-state index in [0.29, 0.717) is 24.7 Å². The highest BCUT2D eigenvalue weighted by Crippen LogP contribution is 2.30. The van der Waals surface area contributed by atoms with Crippen molar-refractivity contribution in [1.29, 1.82) is 0 Å². The summed E-state index contributed by atoms with van der Waals surface area (Å²) < 4.78 is 24.3. The highest BCUT2D eigenvalue weighted by atomic mass is 19.1. The standard InChI is InChI=1S/C15H13FN2O3/c16-12-9-17-4-3-11(12)15(19)18-8-10-1-2-13-14(7-10)21-6-5-20-13/h1-4,7,9H,5-6,8H2,(H,18,19). The molecular weight excluding hydrogens is 275 g/mol. The molecule has 5 nitrogen and oxygen atoms in total. The van der Waals surface area contributed by atoms with Gasteiger partial charge in [-0.1, -0.05) is 6.07 Å². The molecule has 1 aromatic carbocycles. The predicted octanol–water partition coefficient (Wildman–Crippen LogP) is 1.92. The van der Waals surface area contributed by atoms with E-state index >= 15 is 0 Å². The van der Waals surface area contributed by atoms with Gasteiger partial charge < -0.3 is 14.8 Å². The van der Waals surface area contributed by atoms with Crippen LogP contribution in [0.3, 0.4) is 0 Å². The number of hydrogen-bond donors (Lipinski definition) is 1. The molecule has 2 aromatic rings. The van der Waals surface area contributed by atoms with Gasteiger partial charge in [-0.3, -0.25) is 9.78 Å². The number of benzene rings is 1. The van der Waals surface area contributed by atoms with Crippen LogP contribution in [0.25, 0.3) is 0 Å². The smallest absolute Gasteiger partial charge is 0.254 e. The molecule has 0 atom stereocenters. The van der Waals surface area contributed by atoms with Crippen LogP contribution in [-0.2, 0) is 6.54 Å². The Morgan fingerprint density at radius 3 is 2.86 bits per heavy atom. The summed E-state index contributed by atoms with van der Waals surface area (Å²) in [6.07, 6.45) is 2.39. The van der Waals surface area contributed by atoms with Crippen LogP contribution in [0.5, 0.6) is 11.5 Å². The summed E-state index contributed by atoms with van der Waals surface area (Å²) in [5.74, 6) is 0.224. The van der Waals surface area contributed by atoms with Crippen molar-refractivity contribution < 1.29 is 18.7 Å². The summed E-state index contributed by atoms with van der Waals surface area (Å²) in [6, 6.07) is 6.77. The van der Waals surface area contributed by atoms with Crippen LogP contribution in [-0.4, -0.2) is 24.1 Å². The molecule has 0 saturated heterocycles. The Hall–Kier alpha value is -2.63. The molecule has 108 valence electrons. The Morgan fingerprint density at radius 2 is 2.05 bits per heavy atom. The Bertz CT molecular complexity index is 676. The first-order chi connectivity index (χ1) is 10.2. The Balaban J connectivity index is 1.68. The fourth-order valence-corrected chi connectivity index (χ4v) is 2.03. The number of carbonyl (C=O) groups excluding carboxylic acids is 1. The maximum absolute atomic E-state index is 13.4. The van der Waals surface area contributed by atoms with E-state index in [1.165, 1.54) is 12.3 Å². The van der Waals surface area contributed by atoms with E-state index in [0.717, 1.165) is 11.8 Å². The first-order valence-corrected chi connectivity index (χ1v) is 6.50. The summed E-state index contributed by atoms with van der Waals surface area (Å²) in [5, 5.41) is 2.66. The van der Waals surface area contributed by atoms with Crippen molar-refractivity contribution in [2.24, 2.45) is 0 Å². The molecule has 6 heteroatoms. The summed E-state index contributed by atoms with van der Waals surface area (Å²) in [4.78, 5) is 15.5. The fraction of sp³-hybridized carbons (Fsp3) is 0.200. The van der Waals surface area contributed by atoms with Crippen LogP contribution in [0.15, 0.2) is 36.7 Å². The molecule has 0 aliphatic carbocycles. The number of ether oxygens (including phenoxy) is 2. The molecule has 1 aliphatic rings. The average Bonchev–Trinajstić information content (AvgIpc) is 2.53. The first kappa shape index (κ1) is 13.4. The Morgan fingerprint density at radius 1 is 1.24 bits per heavy atom. The lowest BCUT2D eigenvalue weighted by molar-refractivity contribution is 0.0946. The number of aromatic nitrogens is 1. The Labute approximate surface area is 120 Å². The molecule has 0 spiro atoms. The molecule has 21 heavy (non-hydrogen) atoms. The lowest BCUT2D eigenvalue weighted by Gasteiger charge is -2.19. The van der Waals surface area contributed by atoms with Gasteiger partial charge in [0.15, 0.2) is 17.3 Å². The predicted molar refractivity (Wildman–Crippen MR) is 72.8 cm³/mol. The number of fused-ring (bicyclic) bond motifs is 1. The number of rotatable bonds is 3. The quantitative estimate of drug-likeness (QED) is 0.937. The monoisotopic (exact) mass is 288 g/mol. The van der Waals surface area contributed by atoms with Gasteiger partial charge in [-0.15, -0.1) is 0 Å². The van der Waals surface area contributed by atoms with Crippen molar-refractivity contribution in [2.75, 3.05) is 13.2 Å². The van der Waals surface area contributed by atoms with Gasteiger partial charge in [-0.2, -0.15) is 0 Å². The summed E-state index contributed by atoms with van der Waals surface area (Å²) >= 11 is 0. The lowest BCUT2D eigenvalue weighted by atomic mass is 10.2. The van der Waals surface area contributed by atoms with E-state index in [-0.39, 0.29) is 12.1 Å². The third-order valence-corrected chi connectivity index (χ3v) is 3.08. The maximum Gasteiger partial charge on any atom is 0.254 e. The summed E-state index contributed by atoms with van der Waals surface area (Å²) in [7, 11) is 0. The van der Waals surface area contributed by atoms with Gasteiger partial charge in [0.05, 0.1) is 11.8 Å². The molecule has 1 amide bonds. The van der Waals surface area contributed by atoms with Crippen molar-refractivity contribution in [2.45, 2.75) is 6.54 Å². The molecule has 0 unspecified atom stereocenters. The van der Waals surface area contributed by atoms with E-state index in [2.05, 4.69) is 10.3 Å². The topological polar surface area (TPSA) is 60.5 Å². The number of nitrogens with one attached hydrogen (secondary N) is 1. The van der Waals surface area contributed by atoms with E-state index in [4.69, 9.17) is 9.47 Å². The average molecular weight is 288 g/mol. The number of hydrogen-bond acceptors (Lipinski definition) is 4. The number of amides is 1. The zero-order valence-electron chi connectivity index (χ0n) is 11.1. The molecule has 1 N–H and O–H groups in total. The van der Waals surface area contributed by atoms with Gasteiger partial charge >= 0.3 is 0 Å². The second kappa shape index (κ2) is 5.78. The molecule has 0 saturated carbocycles. The van der Waals surface area contributed by atoms with Gasteiger partial charge in [-0.25, -0.2) is 4.39 Å². The first-order valence-electron chi connectivity index (χ1n) is 6.50. The van der Waals surface area contributed by atoms with E-state index in [1.807, 2.05) is 6.07 Å². The van der Waals surface area contributed by atoms with Crippen LogP contribution in [0.1, 0.15) is 15.9 Å². The molecule has 3 rings (SSSR count). The minimum absolute atomic E-state index is 0.0254. The Kier molecular flexibility index (Phi) is 3.68. The van der Waals surface area contributed by atoms with Gasteiger partial charge in [0.2, 0.25) is 0 Å². The molecular formula is C15H13FN2O3. The van der Waals surface area contributed by atoms with Crippen molar-refractivity contribution in [1.82, 2.24) is 10.3 Å². The van der Waals surface area contributed by atoms with Crippen molar-refractivity contribution >= 4 is 5.91 Å². The van der Waals surface area contributed by atoms with E-state index in [1.54, 1.807) is 12.1 Å². The number of carbonyl (C=O) groups is 1.